The summed E-state index contributed by atoms with van der Waals surface area (Å²) >= 11 is 0. The topological polar surface area (TPSA) is 51.4 Å². The number of ether oxygens (including phenoxy) is 3. The minimum atomic E-state index is -0.594. The number of fused-ring (bicyclic) bond motifs is 8. The SMILES string of the molecule is CC(=O)O[C@@]12O[C@@H]1C[C@@H]1[C@@H]3CC[C@H]4C[C@@H]5O[C@@H]5C[C@]4(C)[C@@H]3CC[C@@]12C. The maximum Gasteiger partial charge on any atom is 0.305 e. The van der Waals surface area contributed by atoms with Gasteiger partial charge in [-0.3, -0.25) is 4.79 Å². The number of carbonyl (C=O) groups excluding carboxylic acids is 1. The van der Waals surface area contributed by atoms with E-state index in [2.05, 4.69) is 13.8 Å². The molecule has 0 amide bonds. The van der Waals surface area contributed by atoms with Crippen molar-refractivity contribution in [1.29, 1.82) is 0 Å². The number of esters is 1. The molecule has 25 heavy (non-hydrogen) atoms. The first kappa shape index (κ1) is 15.4. The molecule has 0 radical (unpaired) electrons. The lowest BCUT2D eigenvalue weighted by atomic mass is 9.45. The van der Waals surface area contributed by atoms with E-state index in [1.807, 2.05) is 0 Å². The Bertz CT molecular complexity index is 648. The van der Waals surface area contributed by atoms with Crippen LogP contribution in [0.5, 0.6) is 0 Å². The van der Waals surface area contributed by atoms with Gasteiger partial charge in [0.25, 0.3) is 0 Å². The fraction of sp³-hybridized carbons (Fsp3) is 0.952. The highest BCUT2D eigenvalue weighted by molar-refractivity contribution is 5.67. The molecule has 6 fully saturated rings. The average Bonchev–Trinajstić information content (AvgIpc) is 3.42. The quantitative estimate of drug-likeness (QED) is 0.537. The third-order valence-corrected chi connectivity index (χ3v) is 9.54. The van der Waals surface area contributed by atoms with Crippen molar-refractivity contribution in [2.24, 2.45) is 34.5 Å². The summed E-state index contributed by atoms with van der Waals surface area (Å²) in [4.78, 5) is 11.7. The molecule has 0 aromatic heterocycles. The van der Waals surface area contributed by atoms with Crippen molar-refractivity contribution in [2.45, 2.75) is 89.8 Å². The molecular weight excluding hydrogens is 316 g/mol. The summed E-state index contributed by atoms with van der Waals surface area (Å²) in [5.74, 6) is 2.33. The predicted molar refractivity (Wildman–Crippen MR) is 90.5 cm³/mol. The van der Waals surface area contributed by atoms with Gasteiger partial charge >= 0.3 is 5.97 Å². The van der Waals surface area contributed by atoms with Crippen molar-refractivity contribution in [2.75, 3.05) is 0 Å². The molecule has 0 spiro atoms. The lowest BCUT2D eigenvalue weighted by molar-refractivity contribution is -0.198. The first-order chi connectivity index (χ1) is 11.9. The Kier molecular flexibility index (Phi) is 2.74. The van der Waals surface area contributed by atoms with E-state index < -0.39 is 5.79 Å². The molecule has 0 bridgehead atoms. The van der Waals surface area contributed by atoms with Gasteiger partial charge in [-0.1, -0.05) is 13.8 Å². The molecule has 4 aliphatic carbocycles. The van der Waals surface area contributed by atoms with Crippen molar-refractivity contribution in [3.8, 4) is 0 Å². The van der Waals surface area contributed by atoms with Crippen LogP contribution in [0.2, 0.25) is 0 Å². The smallest absolute Gasteiger partial charge is 0.305 e. The minimum absolute atomic E-state index is 0.0149. The largest absolute Gasteiger partial charge is 0.430 e. The summed E-state index contributed by atoms with van der Waals surface area (Å²) < 4.78 is 17.7. The highest BCUT2D eigenvalue weighted by atomic mass is 16.8. The second-order valence-corrected chi connectivity index (χ2v) is 10.4. The summed E-state index contributed by atoms with van der Waals surface area (Å²) in [5.41, 5.74) is 0.477. The van der Waals surface area contributed by atoms with Crippen molar-refractivity contribution in [3.63, 3.8) is 0 Å². The standard InChI is InChI=1S/C21H30O4/c1-11(22)24-21-18(25-21)9-15-13-5-4-12-8-16-17(23-16)10-19(12,2)14(13)6-7-20(15,21)3/h12-18H,4-10H2,1-3H3/t12-,13+,14+,15+,16-,17+,18+,19-,20-,21+/m0/s1. The Morgan fingerprint density at radius 1 is 1.08 bits per heavy atom. The van der Waals surface area contributed by atoms with Gasteiger partial charge in [-0.15, -0.1) is 0 Å². The van der Waals surface area contributed by atoms with E-state index in [-0.39, 0.29) is 17.5 Å². The number of hydrogen-bond donors (Lipinski definition) is 0. The molecule has 2 heterocycles. The molecule has 6 rings (SSSR count). The van der Waals surface area contributed by atoms with E-state index in [4.69, 9.17) is 14.2 Å². The zero-order valence-corrected chi connectivity index (χ0v) is 15.6. The van der Waals surface area contributed by atoms with Crippen LogP contribution in [0.15, 0.2) is 0 Å². The molecule has 4 nitrogen and oxygen atoms in total. The fourth-order valence-corrected chi connectivity index (χ4v) is 8.24. The molecule has 2 saturated heterocycles. The summed E-state index contributed by atoms with van der Waals surface area (Å²) in [6.07, 6.45) is 10.1. The Labute approximate surface area is 150 Å². The highest BCUT2D eigenvalue weighted by Crippen LogP contribution is 2.74. The van der Waals surface area contributed by atoms with Crippen molar-refractivity contribution in [1.82, 2.24) is 0 Å². The Morgan fingerprint density at radius 2 is 1.92 bits per heavy atom. The lowest BCUT2D eigenvalue weighted by Crippen LogP contribution is -2.56. The molecule has 4 saturated carbocycles. The third kappa shape index (κ3) is 1.74. The average molecular weight is 346 g/mol. The third-order valence-electron chi connectivity index (χ3n) is 9.54. The minimum Gasteiger partial charge on any atom is -0.430 e. The van der Waals surface area contributed by atoms with Crippen molar-refractivity contribution < 1.29 is 19.0 Å². The molecular formula is C21H30O4. The van der Waals surface area contributed by atoms with E-state index in [0.717, 1.165) is 30.6 Å². The van der Waals surface area contributed by atoms with Gasteiger partial charge in [0.1, 0.15) is 6.10 Å². The van der Waals surface area contributed by atoms with Crippen LogP contribution >= 0.6 is 0 Å². The normalized spacial score (nSPS) is 63.4. The molecule has 0 aromatic carbocycles. The number of carbonyl (C=O) groups is 1. The van der Waals surface area contributed by atoms with E-state index in [0.29, 0.717) is 23.5 Å². The first-order valence-electron chi connectivity index (χ1n) is 10.4. The van der Waals surface area contributed by atoms with Crippen LogP contribution in [-0.4, -0.2) is 30.1 Å². The number of epoxide rings is 2. The predicted octanol–water partition coefficient (Wildman–Crippen LogP) is 3.67. The van der Waals surface area contributed by atoms with Gasteiger partial charge in [-0.2, -0.15) is 0 Å². The molecule has 0 N–H and O–H groups in total. The maximum absolute atomic E-state index is 11.7. The van der Waals surface area contributed by atoms with Gasteiger partial charge in [0.2, 0.25) is 5.79 Å². The van der Waals surface area contributed by atoms with Gasteiger partial charge < -0.3 is 14.2 Å². The monoisotopic (exact) mass is 346 g/mol. The van der Waals surface area contributed by atoms with Crippen LogP contribution in [-0.2, 0) is 19.0 Å². The van der Waals surface area contributed by atoms with E-state index >= 15 is 0 Å². The Balaban J connectivity index is 1.32. The molecule has 0 aromatic rings. The van der Waals surface area contributed by atoms with Gasteiger partial charge in [0.05, 0.1) is 12.2 Å². The van der Waals surface area contributed by atoms with Crippen LogP contribution in [0.25, 0.3) is 0 Å². The molecule has 10 atom stereocenters. The van der Waals surface area contributed by atoms with Crippen LogP contribution in [0.1, 0.15) is 65.7 Å². The van der Waals surface area contributed by atoms with Crippen molar-refractivity contribution in [3.05, 3.63) is 0 Å². The maximum atomic E-state index is 11.7. The fourth-order valence-electron chi connectivity index (χ4n) is 8.24. The molecule has 6 aliphatic rings. The van der Waals surface area contributed by atoms with E-state index in [9.17, 15) is 4.79 Å². The summed E-state index contributed by atoms with van der Waals surface area (Å²) in [5, 5.41) is 0. The number of rotatable bonds is 1. The zero-order valence-electron chi connectivity index (χ0n) is 15.6. The molecule has 4 heteroatoms. The van der Waals surface area contributed by atoms with Crippen LogP contribution < -0.4 is 0 Å². The Hall–Kier alpha value is -0.610. The summed E-state index contributed by atoms with van der Waals surface area (Å²) in [6.45, 7) is 6.44. The first-order valence-corrected chi connectivity index (χ1v) is 10.4. The lowest BCUT2D eigenvalue weighted by Gasteiger charge is -2.60. The van der Waals surface area contributed by atoms with Gasteiger partial charge in [0, 0.05) is 12.3 Å². The van der Waals surface area contributed by atoms with Crippen LogP contribution in [0.3, 0.4) is 0 Å². The molecule has 138 valence electrons. The Morgan fingerprint density at radius 3 is 2.72 bits per heavy atom. The van der Waals surface area contributed by atoms with E-state index in [1.165, 1.54) is 39.0 Å². The summed E-state index contributed by atoms with van der Waals surface area (Å²) in [7, 11) is 0. The second kappa shape index (κ2) is 4.44. The van der Waals surface area contributed by atoms with Crippen molar-refractivity contribution >= 4 is 5.97 Å². The van der Waals surface area contributed by atoms with Gasteiger partial charge in [0.15, 0.2) is 0 Å². The van der Waals surface area contributed by atoms with E-state index in [1.54, 1.807) is 0 Å². The molecule has 0 unspecified atom stereocenters. The van der Waals surface area contributed by atoms with Gasteiger partial charge in [-0.05, 0) is 74.0 Å². The number of hydrogen-bond acceptors (Lipinski definition) is 4. The highest BCUT2D eigenvalue weighted by Gasteiger charge is 2.80. The van der Waals surface area contributed by atoms with Crippen LogP contribution in [0.4, 0.5) is 0 Å². The zero-order chi connectivity index (χ0) is 17.2. The second-order valence-electron chi connectivity index (χ2n) is 10.4. The van der Waals surface area contributed by atoms with Gasteiger partial charge in [-0.25, -0.2) is 0 Å². The van der Waals surface area contributed by atoms with Crippen LogP contribution in [0, 0.1) is 34.5 Å². The summed E-state index contributed by atoms with van der Waals surface area (Å²) in [6, 6.07) is 0. The molecule has 2 aliphatic heterocycles.